The molecule has 1 amide bonds. The van der Waals surface area contributed by atoms with E-state index in [1.807, 2.05) is 37.3 Å². The molecule has 0 bridgehead atoms. The van der Waals surface area contributed by atoms with Gasteiger partial charge in [-0.25, -0.2) is 4.39 Å². The molecule has 6 nitrogen and oxygen atoms in total. The lowest BCUT2D eigenvalue weighted by Gasteiger charge is -2.32. The molecule has 3 aromatic rings. The summed E-state index contributed by atoms with van der Waals surface area (Å²) < 4.78 is 15.4. The predicted octanol–water partition coefficient (Wildman–Crippen LogP) is 2.70. The van der Waals surface area contributed by atoms with E-state index in [0.29, 0.717) is 13.1 Å². The summed E-state index contributed by atoms with van der Waals surface area (Å²) in [5.41, 5.74) is 1.23. The third-order valence-corrected chi connectivity index (χ3v) is 4.30. The van der Waals surface area contributed by atoms with Gasteiger partial charge in [0.25, 0.3) is 5.91 Å². The Kier molecular flexibility index (Phi) is 3.76. The van der Waals surface area contributed by atoms with E-state index < -0.39 is 5.82 Å². The first-order chi connectivity index (χ1) is 12.1. The van der Waals surface area contributed by atoms with Gasteiger partial charge < -0.3 is 9.47 Å². The fourth-order valence-electron chi connectivity index (χ4n) is 3.18. The Labute approximate surface area is 143 Å². The molecular weight excluding hydrogens is 321 g/mol. The summed E-state index contributed by atoms with van der Waals surface area (Å²) in [5, 5.41) is 8.56. The Balaban J connectivity index is 1.65. The molecular formula is C18H16FN5O. The van der Waals surface area contributed by atoms with Gasteiger partial charge in [0, 0.05) is 18.3 Å². The third-order valence-electron chi connectivity index (χ3n) is 4.30. The van der Waals surface area contributed by atoms with Crippen LogP contribution in [0.2, 0.25) is 0 Å². The number of nitrogens with zero attached hydrogens (tertiary/aromatic N) is 5. The first kappa shape index (κ1) is 15.4. The lowest BCUT2D eigenvalue weighted by Crippen LogP contribution is -2.40. The molecule has 1 aliphatic rings. The Morgan fingerprint density at radius 1 is 1.20 bits per heavy atom. The maximum Gasteiger partial charge on any atom is 0.256 e. The van der Waals surface area contributed by atoms with Gasteiger partial charge in [-0.15, -0.1) is 10.2 Å². The quantitative estimate of drug-likeness (QED) is 0.721. The largest absolute Gasteiger partial charge is 0.329 e. The van der Waals surface area contributed by atoms with Gasteiger partial charge in [-0.1, -0.05) is 30.3 Å². The van der Waals surface area contributed by atoms with Crippen molar-refractivity contribution in [1.82, 2.24) is 24.6 Å². The van der Waals surface area contributed by atoms with Crippen LogP contribution in [0.3, 0.4) is 0 Å². The number of benzene rings is 1. The maximum atomic E-state index is 13.3. The van der Waals surface area contributed by atoms with Gasteiger partial charge in [0.05, 0.1) is 24.3 Å². The second-order valence-corrected chi connectivity index (χ2v) is 6.10. The van der Waals surface area contributed by atoms with Crippen LogP contribution in [0, 0.1) is 5.82 Å². The van der Waals surface area contributed by atoms with Gasteiger partial charge in [0.15, 0.2) is 11.6 Å². The fraction of sp³-hybridized carbons (Fsp3) is 0.222. The van der Waals surface area contributed by atoms with Crippen molar-refractivity contribution < 1.29 is 9.18 Å². The standard InChI is InChI=1S/C18H16FN5O/c1-12-10-23(18(25)14-7-15(19)9-20-8-14)11-16-21-22-17(24(12)16)13-5-3-2-4-6-13/h2-9,12H,10-11H2,1H3/t12-/m0/s1. The van der Waals surface area contributed by atoms with Crippen LogP contribution >= 0.6 is 0 Å². The Bertz CT molecular complexity index is 924. The summed E-state index contributed by atoms with van der Waals surface area (Å²) in [6, 6.07) is 11.1. The van der Waals surface area contributed by atoms with Crippen molar-refractivity contribution in [1.29, 1.82) is 0 Å². The number of pyridine rings is 1. The van der Waals surface area contributed by atoms with Crippen LogP contribution in [0.15, 0.2) is 48.8 Å². The van der Waals surface area contributed by atoms with Crippen molar-refractivity contribution in [2.45, 2.75) is 19.5 Å². The van der Waals surface area contributed by atoms with Crippen molar-refractivity contribution in [3.63, 3.8) is 0 Å². The van der Waals surface area contributed by atoms with E-state index in [4.69, 9.17) is 0 Å². The molecule has 0 aliphatic carbocycles. The first-order valence-electron chi connectivity index (χ1n) is 8.02. The summed E-state index contributed by atoms with van der Waals surface area (Å²) in [4.78, 5) is 18.1. The number of hydrogen-bond donors (Lipinski definition) is 0. The Morgan fingerprint density at radius 2 is 2.00 bits per heavy atom. The number of rotatable bonds is 2. The number of aromatic nitrogens is 4. The van der Waals surface area contributed by atoms with Crippen LogP contribution in [0.5, 0.6) is 0 Å². The summed E-state index contributed by atoms with van der Waals surface area (Å²) >= 11 is 0. The Hall–Kier alpha value is -3.09. The molecule has 0 saturated carbocycles. The Morgan fingerprint density at radius 3 is 2.76 bits per heavy atom. The molecule has 4 rings (SSSR count). The number of hydrogen-bond acceptors (Lipinski definition) is 4. The minimum atomic E-state index is -0.523. The molecule has 7 heteroatoms. The molecule has 0 fully saturated rings. The van der Waals surface area contributed by atoms with Crippen molar-refractivity contribution in [2.24, 2.45) is 0 Å². The molecule has 1 aromatic carbocycles. The fourth-order valence-corrected chi connectivity index (χ4v) is 3.18. The lowest BCUT2D eigenvalue weighted by molar-refractivity contribution is 0.0681. The lowest BCUT2D eigenvalue weighted by atomic mass is 10.1. The summed E-state index contributed by atoms with van der Waals surface area (Å²) in [7, 11) is 0. The SMILES string of the molecule is C[C@H]1CN(C(=O)c2cncc(F)c2)Cc2nnc(-c3ccccc3)n21. The monoisotopic (exact) mass is 337 g/mol. The molecule has 1 atom stereocenters. The van der Waals surface area contributed by atoms with E-state index in [-0.39, 0.29) is 17.5 Å². The average Bonchev–Trinajstić information content (AvgIpc) is 3.06. The minimum Gasteiger partial charge on any atom is -0.329 e. The van der Waals surface area contributed by atoms with E-state index in [9.17, 15) is 9.18 Å². The molecule has 0 radical (unpaired) electrons. The van der Waals surface area contributed by atoms with Crippen LogP contribution in [0.4, 0.5) is 4.39 Å². The van der Waals surface area contributed by atoms with E-state index >= 15 is 0 Å². The van der Waals surface area contributed by atoms with Gasteiger partial charge in [0.2, 0.25) is 0 Å². The van der Waals surface area contributed by atoms with E-state index in [1.54, 1.807) is 4.90 Å². The zero-order valence-corrected chi connectivity index (χ0v) is 13.6. The van der Waals surface area contributed by atoms with Crippen LogP contribution in [0.25, 0.3) is 11.4 Å². The van der Waals surface area contributed by atoms with Crippen LogP contribution in [-0.4, -0.2) is 37.1 Å². The molecule has 1 aliphatic heterocycles. The van der Waals surface area contributed by atoms with E-state index in [2.05, 4.69) is 19.7 Å². The van der Waals surface area contributed by atoms with Crippen molar-refractivity contribution in [3.8, 4) is 11.4 Å². The molecule has 3 heterocycles. The van der Waals surface area contributed by atoms with E-state index in [1.165, 1.54) is 12.3 Å². The van der Waals surface area contributed by atoms with Gasteiger partial charge in [-0.2, -0.15) is 0 Å². The van der Waals surface area contributed by atoms with Gasteiger partial charge in [0.1, 0.15) is 5.82 Å². The summed E-state index contributed by atoms with van der Waals surface area (Å²) in [5.74, 6) is 0.734. The van der Waals surface area contributed by atoms with Crippen LogP contribution in [-0.2, 0) is 6.54 Å². The normalized spacial score (nSPS) is 16.6. The van der Waals surface area contributed by atoms with Crippen LogP contribution < -0.4 is 0 Å². The average molecular weight is 337 g/mol. The first-order valence-corrected chi connectivity index (χ1v) is 8.02. The maximum absolute atomic E-state index is 13.3. The highest BCUT2D eigenvalue weighted by molar-refractivity contribution is 5.94. The van der Waals surface area contributed by atoms with Gasteiger partial charge in [-0.05, 0) is 13.0 Å². The minimum absolute atomic E-state index is 0.0134. The van der Waals surface area contributed by atoms with Crippen molar-refractivity contribution >= 4 is 5.91 Å². The van der Waals surface area contributed by atoms with Crippen LogP contribution in [0.1, 0.15) is 29.1 Å². The highest BCUT2D eigenvalue weighted by Gasteiger charge is 2.30. The zero-order valence-electron chi connectivity index (χ0n) is 13.6. The second kappa shape index (κ2) is 6.08. The molecule has 0 saturated heterocycles. The van der Waals surface area contributed by atoms with Crippen molar-refractivity contribution in [2.75, 3.05) is 6.54 Å². The number of carbonyl (C=O) groups excluding carboxylic acids is 1. The molecule has 0 N–H and O–H groups in total. The molecule has 126 valence electrons. The molecule has 0 spiro atoms. The number of fused-ring (bicyclic) bond motifs is 1. The number of halogens is 1. The second-order valence-electron chi connectivity index (χ2n) is 6.10. The van der Waals surface area contributed by atoms with Gasteiger partial charge in [-0.3, -0.25) is 9.78 Å². The highest BCUT2D eigenvalue weighted by Crippen LogP contribution is 2.28. The topological polar surface area (TPSA) is 63.9 Å². The molecule has 0 unspecified atom stereocenters. The molecule has 2 aromatic heterocycles. The van der Waals surface area contributed by atoms with E-state index in [0.717, 1.165) is 23.4 Å². The number of amides is 1. The number of carbonyl (C=O) groups is 1. The smallest absolute Gasteiger partial charge is 0.256 e. The van der Waals surface area contributed by atoms with Crippen molar-refractivity contribution in [3.05, 3.63) is 66.0 Å². The highest BCUT2D eigenvalue weighted by atomic mass is 19.1. The molecule has 25 heavy (non-hydrogen) atoms. The van der Waals surface area contributed by atoms with Gasteiger partial charge >= 0.3 is 0 Å². The zero-order chi connectivity index (χ0) is 17.4. The summed E-state index contributed by atoms with van der Waals surface area (Å²) in [6.07, 6.45) is 2.46. The summed E-state index contributed by atoms with van der Waals surface area (Å²) in [6.45, 7) is 2.85. The predicted molar refractivity (Wildman–Crippen MR) is 89.1 cm³/mol. The third kappa shape index (κ3) is 2.77.